The van der Waals surface area contributed by atoms with Crippen LogP contribution in [0.25, 0.3) is 11.0 Å². The maximum absolute atomic E-state index is 12.5. The fraction of sp³-hybridized carbons (Fsp3) is 0.571. The molecule has 1 amide bonds. The highest BCUT2D eigenvalue weighted by molar-refractivity contribution is 5.76. The van der Waals surface area contributed by atoms with Crippen LogP contribution in [-0.4, -0.2) is 36.7 Å². The number of aromatic nitrogens is 4. The second-order valence-corrected chi connectivity index (χ2v) is 5.70. The minimum atomic E-state index is -0.148. The lowest BCUT2D eigenvalue weighted by Crippen LogP contribution is -2.39. The second kappa shape index (κ2) is 5.31. The zero-order chi connectivity index (χ0) is 15.0. The largest absolute Gasteiger partial charge is 0.324 e. The van der Waals surface area contributed by atoms with Gasteiger partial charge in [-0.25, -0.2) is 9.67 Å². The molecule has 0 aliphatic carbocycles. The topological polar surface area (TPSA) is 73.0 Å². The number of likely N-dealkylation sites (tertiary alicyclic amines) is 1. The van der Waals surface area contributed by atoms with Crippen molar-refractivity contribution in [3.05, 3.63) is 22.9 Å². The number of fused-ring (bicyclic) bond motifs is 1. The van der Waals surface area contributed by atoms with E-state index in [4.69, 9.17) is 0 Å². The number of rotatable bonds is 3. The summed E-state index contributed by atoms with van der Waals surface area (Å²) >= 11 is 0. The summed E-state index contributed by atoms with van der Waals surface area (Å²) < 4.78 is 3.21. The number of piperidine rings is 1. The summed E-state index contributed by atoms with van der Waals surface area (Å²) in [5.74, 6) is 0.103. The van der Waals surface area contributed by atoms with Crippen molar-refractivity contribution in [2.75, 3.05) is 6.54 Å². The first kappa shape index (κ1) is 13.8. The summed E-state index contributed by atoms with van der Waals surface area (Å²) in [7, 11) is 0. The molecule has 0 bridgehead atoms. The maximum Gasteiger partial charge on any atom is 0.265 e. The highest BCUT2D eigenvalue weighted by Gasteiger charge is 2.19. The molecule has 3 heterocycles. The van der Waals surface area contributed by atoms with Crippen LogP contribution in [0.15, 0.2) is 17.3 Å². The fourth-order valence-electron chi connectivity index (χ4n) is 2.64. The van der Waals surface area contributed by atoms with Gasteiger partial charge in [0.15, 0.2) is 5.65 Å². The Balaban J connectivity index is 1.95. The number of carbonyl (C=O) groups excluding carboxylic acids is 1. The molecule has 0 unspecified atom stereocenters. The van der Waals surface area contributed by atoms with Gasteiger partial charge < -0.3 is 4.90 Å². The molecule has 0 saturated carbocycles. The smallest absolute Gasteiger partial charge is 0.265 e. The van der Waals surface area contributed by atoms with E-state index in [0.717, 1.165) is 12.8 Å². The van der Waals surface area contributed by atoms with Gasteiger partial charge in [0.05, 0.1) is 6.20 Å². The molecule has 1 aliphatic rings. The first-order chi connectivity index (χ1) is 10.1. The molecule has 0 N–H and O–H groups in total. The predicted molar refractivity (Wildman–Crippen MR) is 77.7 cm³/mol. The first-order valence-corrected chi connectivity index (χ1v) is 7.28. The van der Waals surface area contributed by atoms with Crippen LogP contribution in [-0.2, 0) is 11.5 Å². The van der Waals surface area contributed by atoms with Crippen molar-refractivity contribution < 1.29 is 4.79 Å². The van der Waals surface area contributed by atoms with Crippen LogP contribution in [0.1, 0.15) is 39.2 Å². The summed E-state index contributed by atoms with van der Waals surface area (Å²) in [5.41, 5.74) is 0.446. The Bertz CT molecular complexity index is 731. The van der Waals surface area contributed by atoms with Crippen molar-refractivity contribution in [3.8, 4) is 0 Å². The highest BCUT2D eigenvalue weighted by Crippen LogP contribution is 2.13. The number of hydrogen-bond donors (Lipinski definition) is 0. The van der Waals surface area contributed by atoms with Gasteiger partial charge in [-0.05, 0) is 26.7 Å². The van der Waals surface area contributed by atoms with Gasteiger partial charge in [-0.1, -0.05) is 0 Å². The van der Waals surface area contributed by atoms with E-state index in [1.807, 2.05) is 13.8 Å². The lowest BCUT2D eigenvalue weighted by molar-refractivity contribution is -0.135. The Labute approximate surface area is 122 Å². The van der Waals surface area contributed by atoms with Gasteiger partial charge in [-0.3, -0.25) is 14.2 Å². The third-order valence-electron chi connectivity index (χ3n) is 3.81. The molecule has 21 heavy (non-hydrogen) atoms. The lowest BCUT2D eigenvalue weighted by Gasteiger charge is -2.27. The first-order valence-electron chi connectivity index (χ1n) is 7.28. The third kappa shape index (κ3) is 2.43. The van der Waals surface area contributed by atoms with Crippen molar-refractivity contribution >= 4 is 16.9 Å². The standard InChI is InChI=1S/C14H19N5O2/c1-10(2)19-13-11(7-16-19)14(21)18(8-15-13)9-17-6-4-3-5-12(17)20/h7-8,10H,3-6,9H2,1-2H3. The van der Waals surface area contributed by atoms with Crippen LogP contribution >= 0.6 is 0 Å². The molecule has 3 rings (SSSR count). The van der Waals surface area contributed by atoms with E-state index in [0.29, 0.717) is 24.0 Å². The van der Waals surface area contributed by atoms with Crippen LogP contribution in [0.3, 0.4) is 0 Å². The molecule has 1 fully saturated rings. The van der Waals surface area contributed by atoms with E-state index in [1.54, 1.807) is 15.8 Å². The average Bonchev–Trinajstić information content (AvgIpc) is 2.89. The summed E-state index contributed by atoms with van der Waals surface area (Å²) in [5, 5.41) is 4.71. The average molecular weight is 289 g/mol. The molecule has 0 spiro atoms. The van der Waals surface area contributed by atoms with E-state index < -0.39 is 0 Å². The van der Waals surface area contributed by atoms with Crippen molar-refractivity contribution in [3.63, 3.8) is 0 Å². The van der Waals surface area contributed by atoms with Crippen LogP contribution in [0.5, 0.6) is 0 Å². The van der Waals surface area contributed by atoms with Gasteiger partial charge in [0.2, 0.25) is 5.91 Å². The minimum Gasteiger partial charge on any atom is -0.324 e. The van der Waals surface area contributed by atoms with Crippen LogP contribution in [0.2, 0.25) is 0 Å². The minimum absolute atomic E-state index is 0.103. The van der Waals surface area contributed by atoms with Gasteiger partial charge in [0, 0.05) is 19.0 Å². The van der Waals surface area contributed by atoms with Crippen molar-refractivity contribution in [1.29, 1.82) is 0 Å². The molecule has 112 valence electrons. The summed E-state index contributed by atoms with van der Waals surface area (Å²) in [6, 6.07) is 0.147. The Morgan fingerprint density at radius 1 is 1.29 bits per heavy atom. The monoisotopic (exact) mass is 289 g/mol. The number of nitrogens with zero attached hydrogens (tertiary/aromatic N) is 5. The van der Waals surface area contributed by atoms with Gasteiger partial charge >= 0.3 is 0 Å². The molecule has 7 heteroatoms. The highest BCUT2D eigenvalue weighted by atomic mass is 16.2. The zero-order valence-electron chi connectivity index (χ0n) is 12.3. The Kier molecular flexibility index (Phi) is 3.48. The van der Waals surface area contributed by atoms with Gasteiger partial charge in [-0.2, -0.15) is 5.10 Å². The molecule has 7 nitrogen and oxygen atoms in total. The lowest BCUT2D eigenvalue weighted by atomic mass is 10.1. The van der Waals surface area contributed by atoms with Crippen LogP contribution < -0.4 is 5.56 Å². The van der Waals surface area contributed by atoms with Crippen molar-refractivity contribution in [2.45, 2.75) is 45.8 Å². The quantitative estimate of drug-likeness (QED) is 0.849. The van der Waals surface area contributed by atoms with E-state index >= 15 is 0 Å². The molecular formula is C14H19N5O2. The molecule has 0 radical (unpaired) electrons. The number of amides is 1. The van der Waals surface area contributed by atoms with E-state index in [9.17, 15) is 9.59 Å². The number of hydrogen-bond acceptors (Lipinski definition) is 4. The molecule has 0 aromatic carbocycles. The normalized spacial score (nSPS) is 16.1. The van der Waals surface area contributed by atoms with E-state index in [-0.39, 0.29) is 24.2 Å². The summed E-state index contributed by atoms with van der Waals surface area (Å²) in [4.78, 5) is 30.4. The van der Waals surface area contributed by atoms with Crippen molar-refractivity contribution in [2.24, 2.45) is 0 Å². The van der Waals surface area contributed by atoms with E-state index in [2.05, 4.69) is 10.1 Å². The predicted octanol–water partition coefficient (Wildman–Crippen LogP) is 1.14. The maximum atomic E-state index is 12.5. The number of carbonyl (C=O) groups is 1. The van der Waals surface area contributed by atoms with Crippen LogP contribution in [0, 0.1) is 0 Å². The molecule has 2 aromatic rings. The van der Waals surface area contributed by atoms with E-state index in [1.165, 1.54) is 10.9 Å². The summed E-state index contributed by atoms with van der Waals surface area (Å²) in [6.07, 6.45) is 5.55. The summed E-state index contributed by atoms with van der Waals surface area (Å²) in [6.45, 7) is 4.96. The molecular weight excluding hydrogens is 270 g/mol. The Hall–Kier alpha value is -2.18. The fourth-order valence-corrected chi connectivity index (χ4v) is 2.64. The van der Waals surface area contributed by atoms with Gasteiger partial charge in [0.1, 0.15) is 18.4 Å². The Morgan fingerprint density at radius 2 is 2.10 bits per heavy atom. The molecule has 1 saturated heterocycles. The Morgan fingerprint density at radius 3 is 2.81 bits per heavy atom. The molecule has 1 aliphatic heterocycles. The molecule has 0 atom stereocenters. The molecule has 2 aromatic heterocycles. The van der Waals surface area contributed by atoms with Crippen LogP contribution in [0.4, 0.5) is 0 Å². The zero-order valence-corrected chi connectivity index (χ0v) is 12.3. The SMILES string of the molecule is CC(C)n1ncc2c(=O)n(CN3CCCCC3=O)cnc21. The van der Waals surface area contributed by atoms with Crippen molar-refractivity contribution in [1.82, 2.24) is 24.2 Å². The van der Waals surface area contributed by atoms with Gasteiger partial charge in [-0.15, -0.1) is 0 Å². The third-order valence-corrected chi connectivity index (χ3v) is 3.81. The van der Waals surface area contributed by atoms with Gasteiger partial charge in [0.25, 0.3) is 5.56 Å². The second-order valence-electron chi connectivity index (χ2n) is 5.70.